The Morgan fingerprint density at radius 2 is 1.95 bits per heavy atom. The van der Waals surface area contributed by atoms with Gasteiger partial charge in [0.25, 0.3) is 0 Å². The maximum Gasteiger partial charge on any atom is 0.194 e. The fraction of sp³-hybridized carbons (Fsp3) is 0.938. The van der Waals surface area contributed by atoms with Gasteiger partial charge in [0.2, 0.25) is 0 Å². The molecule has 124 valence electrons. The fourth-order valence-corrected chi connectivity index (χ4v) is 2.60. The number of halogens is 1. The Hall–Kier alpha value is -0.0400. The average molecular weight is 409 g/mol. The van der Waals surface area contributed by atoms with E-state index in [1.54, 1.807) is 0 Å². The van der Waals surface area contributed by atoms with E-state index in [9.17, 15) is 0 Å². The van der Waals surface area contributed by atoms with E-state index in [-0.39, 0.29) is 29.5 Å². The van der Waals surface area contributed by atoms with Crippen LogP contribution in [0, 0.1) is 11.3 Å². The predicted molar refractivity (Wildman–Crippen MR) is 99.5 cm³/mol. The molecule has 4 nitrogen and oxygen atoms in total. The zero-order valence-electron chi connectivity index (χ0n) is 14.2. The smallest absolute Gasteiger partial charge is 0.194 e. The van der Waals surface area contributed by atoms with E-state index in [0.717, 1.165) is 44.6 Å². The molecule has 0 radical (unpaired) electrons. The molecule has 0 aromatic carbocycles. The highest BCUT2D eigenvalue weighted by molar-refractivity contribution is 14.0. The quantitative estimate of drug-likeness (QED) is 0.317. The maximum absolute atomic E-state index is 5.65. The molecule has 0 amide bonds. The van der Waals surface area contributed by atoms with Crippen molar-refractivity contribution in [2.24, 2.45) is 16.3 Å². The van der Waals surface area contributed by atoms with Gasteiger partial charge in [0, 0.05) is 44.3 Å². The molecular weight excluding hydrogens is 377 g/mol. The molecular formula is C16H32IN3O. The molecule has 2 aliphatic rings. The van der Waals surface area contributed by atoms with Crippen LogP contribution in [-0.4, -0.2) is 49.7 Å². The molecule has 1 saturated heterocycles. The lowest BCUT2D eigenvalue weighted by atomic mass is 9.65. The van der Waals surface area contributed by atoms with E-state index in [4.69, 9.17) is 4.74 Å². The molecule has 1 saturated carbocycles. The van der Waals surface area contributed by atoms with Gasteiger partial charge >= 0.3 is 0 Å². The van der Waals surface area contributed by atoms with Crippen molar-refractivity contribution in [2.45, 2.75) is 52.5 Å². The Morgan fingerprint density at radius 3 is 2.43 bits per heavy atom. The maximum atomic E-state index is 5.65. The molecule has 1 aliphatic carbocycles. The van der Waals surface area contributed by atoms with E-state index in [0.29, 0.717) is 5.41 Å². The highest BCUT2D eigenvalue weighted by atomic mass is 127. The monoisotopic (exact) mass is 409 g/mol. The number of nitrogens with one attached hydrogen (secondary N) is 1. The van der Waals surface area contributed by atoms with Gasteiger partial charge in [-0.1, -0.05) is 13.8 Å². The molecule has 1 aliphatic heterocycles. The highest BCUT2D eigenvalue weighted by Crippen LogP contribution is 2.46. The number of aliphatic imine (C=N–C) groups is 1. The second kappa shape index (κ2) is 7.49. The van der Waals surface area contributed by atoms with E-state index in [2.05, 4.69) is 42.9 Å². The van der Waals surface area contributed by atoms with E-state index in [1.165, 1.54) is 12.8 Å². The summed E-state index contributed by atoms with van der Waals surface area (Å²) in [6.07, 6.45) is 3.78. The van der Waals surface area contributed by atoms with Crippen molar-refractivity contribution in [2.75, 3.05) is 33.4 Å². The van der Waals surface area contributed by atoms with Gasteiger partial charge in [-0.2, -0.15) is 0 Å². The molecule has 0 aromatic rings. The van der Waals surface area contributed by atoms with Gasteiger partial charge in [0.1, 0.15) is 0 Å². The molecule has 0 atom stereocenters. The van der Waals surface area contributed by atoms with Crippen LogP contribution in [0.1, 0.15) is 47.0 Å². The summed E-state index contributed by atoms with van der Waals surface area (Å²) in [5.74, 6) is 1.89. The summed E-state index contributed by atoms with van der Waals surface area (Å²) in [7, 11) is 1.87. The van der Waals surface area contributed by atoms with Crippen molar-refractivity contribution < 1.29 is 4.74 Å². The molecule has 5 heteroatoms. The Balaban J connectivity index is 0.00000220. The number of rotatable bonds is 6. The van der Waals surface area contributed by atoms with Crippen LogP contribution in [0.5, 0.6) is 0 Å². The first-order valence-corrected chi connectivity index (χ1v) is 7.94. The van der Waals surface area contributed by atoms with Crippen LogP contribution in [-0.2, 0) is 4.74 Å². The second-order valence-electron chi connectivity index (χ2n) is 7.37. The third-order valence-electron chi connectivity index (χ3n) is 5.15. The number of likely N-dealkylation sites (tertiary alicyclic amines) is 1. The van der Waals surface area contributed by atoms with Crippen LogP contribution in [0.4, 0.5) is 0 Å². The SMILES string of the molecule is CN=C(NCCCOCC1CC1)N1CC(C)(C)C1(C)C.I. The van der Waals surface area contributed by atoms with Crippen LogP contribution in [0.3, 0.4) is 0 Å². The van der Waals surface area contributed by atoms with Crippen molar-refractivity contribution in [1.29, 1.82) is 0 Å². The van der Waals surface area contributed by atoms with Gasteiger partial charge in [-0.3, -0.25) is 4.99 Å². The van der Waals surface area contributed by atoms with Crippen LogP contribution >= 0.6 is 24.0 Å². The zero-order valence-corrected chi connectivity index (χ0v) is 16.6. The van der Waals surface area contributed by atoms with Gasteiger partial charge in [0.05, 0.1) is 0 Å². The Bertz CT molecular complexity index is 365. The fourth-order valence-electron chi connectivity index (χ4n) is 2.60. The molecule has 2 rings (SSSR count). The molecule has 1 heterocycles. The number of guanidine groups is 1. The van der Waals surface area contributed by atoms with Crippen LogP contribution < -0.4 is 5.32 Å². The van der Waals surface area contributed by atoms with Gasteiger partial charge < -0.3 is 15.0 Å². The van der Waals surface area contributed by atoms with E-state index < -0.39 is 0 Å². The molecule has 21 heavy (non-hydrogen) atoms. The summed E-state index contributed by atoms with van der Waals surface area (Å²) in [6.45, 7) is 13.1. The van der Waals surface area contributed by atoms with Gasteiger partial charge in [-0.15, -0.1) is 24.0 Å². The number of hydrogen-bond acceptors (Lipinski definition) is 2. The lowest BCUT2D eigenvalue weighted by molar-refractivity contribution is -0.0667. The lowest BCUT2D eigenvalue weighted by Gasteiger charge is -2.62. The number of nitrogens with zero attached hydrogens (tertiary/aromatic N) is 2. The average Bonchev–Trinajstić information content (AvgIpc) is 3.20. The van der Waals surface area contributed by atoms with E-state index >= 15 is 0 Å². The number of ether oxygens (including phenoxy) is 1. The minimum absolute atomic E-state index is 0. The first-order chi connectivity index (χ1) is 9.38. The summed E-state index contributed by atoms with van der Waals surface area (Å²) < 4.78 is 5.65. The van der Waals surface area contributed by atoms with Crippen molar-refractivity contribution in [3.8, 4) is 0 Å². The van der Waals surface area contributed by atoms with Crippen LogP contribution in [0.25, 0.3) is 0 Å². The van der Waals surface area contributed by atoms with Gasteiger partial charge in [0.15, 0.2) is 5.96 Å². The standard InChI is InChI=1S/C16H31N3O.HI/c1-15(2)12-19(16(15,3)4)14(17-5)18-9-6-10-20-11-13-7-8-13;/h13H,6-12H2,1-5H3,(H,17,18);1H. The summed E-state index contributed by atoms with van der Waals surface area (Å²) in [5.41, 5.74) is 0.509. The highest BCUT2D eigenvalue weighted by Gasteiger charge is 2.53. The van der Waals surface area contributed by atoms with Gasteiger partial charge in [-0.05, 0) is 39.0 Å². The lowest BCUT2D eigenvalue weighted by Crippen LogP contribution is -2.72. The minimum atomic E-state index is 0. The van der Waals surface area contributed by atoms with Gasteiger partial charge in [-0.25, -0.2) is 0 Å². The minimum Gasteiger partial charge on any atom is -0.381 e. The normalized spacial score (nSPS) is 23.3. The van der Waals surface area contributed by atoms with Crippen LogP contribution in [0.2, 0.25) is 0 Å². The first-order valence-electron chi connectivity index (χ1n) is 7.94. The Kier molecular flexibility index (Phi) is 6.78. The third kappa shape index (κ3) is 4.47. The summed E-state index contributed by atoms with van der Waals surface area (Å²) in [6, 6.07) is 0. The predicted octanol–water partition coefficient (Wildman–Crippen LogP) is 3.12. The van der Waals surface area contributed by atoms with Crippen LogP contribution in [0.15, 0.2) is 4.99 Å². The second-order valence-corrected chi connectivity index (χ2v) is 7.37. The molecule has 1 N–H and O–H groups in total. The van der Waals surface area contributed by atoms with E-state index in [1.807, 2.05) is 7.05 Å². The zero-order chi connectivity index (χ0) is 14.8. The van der Waals surface area contributed by atoms with Crippen molar-refractivity contribution >= 4 is 29.9 Å². The molecule has 2 fully saturated rings. The largest absolute Gasteiger partial charge is 0.381 e. The Labute approximate surface area is 147 Å². The van der Waals surface area contributed by atoms with Crippen molar-refractivity contribution in [3.63, 3.8) is 0 Å². The number of hydrogen-bond donors (Lipinski definition) is 1. The first kappa shape index (κ1) is 19.0. The molecule has 0 bridgehead atoms. The van der Waals surface area contributed by atoms with Crippen molar-refractivity contribution in [1.82, 2.24) is 10.2 Å². The Morgan fingerprint density at radius 1 is 1.29 bits per heavy atom. The molecule has 0 spiro atoms. The summed E-state index contributed by atoms with van der Waals surface area (Å²) in [4.78, 5) is 6.79. The topological polar surface area (TPSA) is 36.9 Å². The van der Waals surface area contributed by atoms with Crippen molar-refractivity contribution in [3.05, 3.63) is 0 Å². The summed E-state index contributed by atoms with van der Waals surface area (Å²) in [5, 5.41) is 3.46. The summed E-state index contributed by atoms with van der Waals surface area (Å²) >= 11 is 0. The molecule has 0 aromatic heterocycles. The third-order valence-corrected chi connectivity index (χ3v) is 5.15. The molecule has 0 unspecified atom stereocenters.